The molecule has 0 aliphatic rings. The second-order valence-corrected chi connectivity index (χ2v) is 0. The Labute approximate surface area is 69.8 Å². The average molecular weight is 341 g/mol. The minimum Gasteiger partial charge on any atom is -2.00 e. The van der Waals surface area contributed by atoms with Crippen molar-refractivity contribution in [2.45, 2.75) is 0 Å². The van der Waals surface area contributed by atoms with Gasteiger partial charge in [-0.15, -0.1) is 0 Å². The van der Waals surface area contributed by atoms with E-state index in [1.54, 1.807) is 0 Å². The van der Waals surface area contributed by atoms with E-state index in [4.69, 9.17) is 0 Å². The van der Waals surface area contributed by atoms with Crippen LogP contribution in [0.4, 0.5) is 0 Å². The molecule has 0 rings (SSSR count). The van der Waals surface area contributed by atoms with E-state index in [1.165, 1.54) is 0 Å². The van der Waals surface area contributed by atoms with Gasteiger partial charge in [0.1, 0.15) is 0 Å². The Hall–Kier alpha value is 2.13. The van der Waals surface area contributed by atoms with Crippen LogP contribution < -0.4 is 0 Å². The Morgan fingerprint density at radius 1 is 0.750 bits per heavy atom. The van der Waals surface area contributed by atoms with Crippen molar-refractivity contribution in [1.82, 2.24) is 0 Å². The Morgan fingerprint density at radius 2 is 0.750 bits per heavy atom. The van der Waals surface area contributed by atoms with Gasteiger partial charge in [-0.2, -0.15) is 0 Å². The van der Waals surface area contributed by atoms with Crippen LogP contribution in [-0.2, 0) is 70.4 Å². The van der Waals surface area contributed by atoms with Crippen LogP contribution in [-0.4, -0.2) is 0 Å². The maximum atomic E-state index is 0. The fraction of sp³-hybridized carbons (Fsp3) is 0. The Morgan fingerprint density at radius 3 is 0.750 bits per heavy atom. The van der Waals surface area contributed by atoms with Gasteiger partial charge in [-0.05, 0) is 0 Å². The summed E-state index contributed by atoms with van der Waals surface area (Å²) in [5.41, 5.74) is 0. The van der Waals surface area contributed by atoms with Gasteiger partial charge in [-0.1, -0.05) is 0 Å². The van der Waals surface area contributed by atoms with Crippen LogP contribution in [0, 0.1) is 0 Å². The molecule has 0 aromatic heterocycles. The molecule has 0 aliphatic heterocycles. The van der Waals surface area contributed by atoms with Crippen molar-refractivity contribution in [2.75, 3.05) is 0 Å². The summed E-state index contributed by atoms with van der Waals surface area (Å²) in [7, 11) is 0. The monoisotopic (exact) mass is 341 g/mol. The van der Waals surface area contributed by atoms with Crippen LogP contribution in [0.2, 0.25) is 0 Å². The van der Waals surface area contributed by atoms with E-state index in [1.807, 2.05) is 0 Å². The van der Waals surface area contributed by atoms with Gasteiger partial charge in [0.05, 0.1) is 0 Å². The molecule has 4 heteroatoms. The Balaban J connectivity index is 0. The average Bonchev–Trinajstić information content (AvgIpc) is 0. The summed E-state index contributed by atoms with van der Waals surface area (Å²) in [5, 5.41) is 0. The topological polar surface area (TPSA) is 0 Å². The van der Waals surface area contributed by atoms with E-state index in [2.05, 4.69) is 0 Å². The quantitative estimate of drug-likeness (QED) is 0.544. The number of rotatable bonds is 0. The van der Waals surface area contributed by atoms with Crippen LogP contribution in [0.25, 0.3) is 0 Å². The van der Waals surface area contributed by atoms with Gasteiger partial charge in [0.15, 0.2) is 0 Å². The molecule has 0 nitrogen and oxygen atoms in total. The van der Waals surface area contributed by atoms with E-state index in [-0.39, 0.29) is 70.4 Å². The zero-order valence-corrected chi connectivity index (χ0v) is 8.44. The minimum absolute atomic E-state index is 0. The van der Waals surface area contributed by atoms with E-state index < -0.39 is 0 Å². The molecule has 0 N–H and O–H groups in total. The predicted octanol–water partition coefficient (Wildman–Crippen LogP) is -0.00980. The molecule has 0 heterocycles. The molecule has 0 atom stereocenters. The summed E-state index contributed by atoms with van der Waals surface area (Å²) in [4.78, 5) is 0. The van der Waals surface area contributed by atoms with Crippen molar-refractivity contribution < 1.29 is 43.4 Å². The molecule has 0 saturated carbocycles. The normalized spacial score (nSPS) is 0. The molecule has 0 aromatic rings. The maximum absolute atomic E-state index is 0. The third kappa shape index (κ3) is 8.92. The standard InChI is InChI=1S/Nb.2S.W/q+5;2*-2;+4. The number of hydrogen-bond acceptors (Lipinski definition) is 0. The summed E-state index contributed by atoms with van der Waals surface area (Å²) in [6.07, 6.45) is 0. The smallest absolute Gasteiger partial charge is 2.00 e. The molecule has 4 heavy (non-hydrogen) atoms. The Kier molecular flexibility index (Phi) is 172. The van der Waals surface area contributed by atoms with Crippen LogP contribution in [0.5, 0.6) is 0 Å². The second-order valence-electron chi connectivity index (χ2n) is 0. The van der Waals surface area contributed by atoms with Crippen LogP contribution in [0.15, 0.2) is 0 Å². The Bertz CT molecular complexity index is 6.00. The van der Waals surface area contributed by atoms with Crippen LogP contribution >= 0.6 is 0 Å². The van der Waals surface area contributed by atoms with Crippen molar-refractivity contribution in [3.8, 4) is 0 Å². The largest absolute Gasteiger partial charge is 5.00 e. The van der Waals surface area contributed by atoms with E-state index >= 15 is 0 Å². The molecular weight excluding hydrogens is 341 g/mol. The molecule has 0 aliphatic carbocycles. The summed E-state index contributed by atoms with van der Waals surface area (Å²) < 4.78 is 0. The van der Waals surface area contributed by atoms with E-state index in [9.17, 15) is 0 Å². The molecule has 0 bridgehead atoms. The number of hydrogen-bond donors (Lipinski definition) is 0. The van der Waals surface area contributed by atoms with Crippen molar-refractivity contribution in [1.29, 1.82) is 0 Å². The van der Waals surface area contributed by atoms with Gasteiger partial charge >= 0.3 is 43.4 Å². The fourth-order valence-electron chi connectivity index (χ4n) is 0. The van der Waals surface area contributed by atoms with Crippen molar-refractivity contribution in [2.24, 2.45) is 0 Å². The molecule has 0 fully saturated rings. The molecule has 0 radical (unpaired) electrons. The van der Waals surface area contributed by atoms with Gasteiger partial charge in [-0.3, -0.25) is 0 Å². The molecule has 0 aromatic carbocycles. The van der Waals surface area contributed by atoms with Gasteiger partial charge in [0, 0.05) is 0 Å². The van der Waals surface area contributed by atoms with E-state index in [0.29, 0.717) is 0 Å². The molecule has 18 valence electrons. The molecular formula is NbS2W+5. The molecule has 0 unspecified atom stereocenters. The second kappa shape index (κ2) is 19.3. The first kappa shape index (κ1) is 35.6. The minimum atomic E-state index is 0. The SMILES string of the molecule is [Nb+5].[S-2].[S-2].[W+4]. The first-order chi connectivity index (χ1) is 0. The summed E-state index contributed by atoms with van der Waals surface area (Å²) in [5.74, 6) is 0. The summed E-state index contributed by atoms with van der Waals surface area (Å²) >= 11 is 0. The van der Waals surface area contributed by atoms with Gasteiger partial charge in [0.25, 0.3) is 0 Å². The van der Waals surface area contributed by atoms with Crippen molar-refractivity contribution in [3.63, 3.8) is 0 Å². The van der Waals surface area contributed by atoms with Crippen LogP contribution in [0.1, 0.15) is 0 Å². The molecule has 0 saturated heterocycles. The van der Waals surface area contributed by atoms with Crippen molar-refractivity contribution in [3.05, 3.63) is 0 Å². The summed E-state index contributed by atoms with van der Waals surface area (Å²) in [6, 6.07) is 0. The zero-order valence-electron chi connectivity index (χ0n) is 1.67. The van der Waals surface area contributed by atoms with Crippen molar-refractivity contribution >= 4 is 27.0 Å². The summed E-state index contributed by atoms with van der Waals surface area (Å²) in [6.45, 7) is 0. The fourth-order valence-corrected chi connectivity index (χ4v) is 0. The maximum Gasteiger partial charge on any atom is 5.00 e. The van der Waals surface area contributed by atoms with Gasteiger partial charge < -0.3 is 27.0 Å². The zero-order chi connectivity index (χ0) is 0. The third-order valence-corrected chi connectivity index (χ3v) is 0. The first-order valence-electron chi connectivity index (χ1n) is 0. The predicted molar refractivity (Wildman–Crippen MR) is 14.7 cm³/mol. The molecule has 0 amide bonds. The third-order valence-electron chi connectivity index (χ3n) is 0. The van der Waals surface area contributed by atoms with E-state index in [0.717, 1.165) is 0 Å². The molecule has 0 spiro atoms. The van der Waals surface area contributed by atoms with Gasteiger partial charge in [-0.25, -0.2) is 0 Å². The first-order valence-corrected chi connectivity index (χ1v) is 0. The van der Waals surface area contributed by atoms with Gasteiger partial charge in [0.2, 0.25) is 0 Å². The van der Waals surface area contributed by atoms with Crippen LogP contribution in [0.3, 0.4) is 0 Å².